The van der Waals surface area contributed by atoms with Crippen LogP contribution in [0.5, 0.6) is 0 Å². The first kappa shape index (κ1) is 24.4. The van der Waals surface area contributed by atoms with E-state index in [9.17, 15) is 4.39 Å². The second-order valence-electron chi connectivity index (χ2n) is 7.24. The molecule has 0 amide bonds. The number of likely N-dealkylation sites (N-methyl/N-ethyl adjacent to an activating group) is 1. The van der Waals surface area contributed by atoms with Gasteiger partial charge in [0.05, 0.1) is 17.9 Å². The Bertz CT molecular complexity index is 829. The third kappa shape index (κ3) is 6.31. The Morgan fingerprint density at radius 1 is 1.17 bits per heavy atom. The van der Waals surface area contributed by atoms with Gasteiger partial charge in [-0.2, -0.15) is 0 Å². The van der Waals surface area contributed by atoms with E-state index < -0.39 is 0 Å². The Morgan fingerprint density at radius 2 is 1.87 bits per heavy atom. The lowest BCUT2D eigenvalue weighted by Crippen LogP contribution is -2.46. The summed E-state index contributed by atoms with van der Waals surface area (Å²) in [4.78, 5) is 13.0. The summed E-state index contributed by atoms with van der Waals surface area (Å²) in [6.45, 7) is 11.6. The summed E-state index contributed by atoms with van der Waals surface area (Å²) < 4.78 is 20.2. The highest BCUT2D eigenvalue weighted by Gasteiger charge is 2.18. The number of rotatable bonds is 6. The Balaban J connectivity index is 0.00000320. The van der Waals surface area contributed by atoms with E-state index in [1.165, 1.54) is 0 Å². The molecular formula is C21H32FIN6O. The van der Waals surface area contributed by atoms with Crippen LogP contribution in [0.25, 0.3) is 0 Å². The summed E-state index contributed by atoms with van der Waals surface area (Å²) in [5, 5.41) is 6.36. The molecule has 0 saturated carbocycles. The highest BCUT2D eigenvalue weighted by molar-refractivity contribution is 14.0. The number of anilines is 1. The summed E-state index contributed by atoms with van der Waals surface area (Å²) in [6.07, 6.45) is 0. The van der Waals surface area contributed by atoms with E-state index in [0.717, 1.165) is 49.7 Å². The maximum atomic E-state index is 14.7. The van der Waals surface area contributed by atoms with Gasteiger partial charge in [0.1, 0.15) is 11.6 Å². The monoisotopic (exact) mass is 530 g/mol. The summed E-state index contributed by atoms with van der Waals surface area (Å²) in [5.74, 6) is 1.86. The lowest BCUT2D eigenvalue weighted by atomic mass is 10.1. The smallest absolute Gasteiger partial charge is 0.214 e. The van der Waals surface area contributed by atoms with Crippen molar-refractivity contribution in [2.24, 2.45) is 4.99 Å². The lowest BCUT2D eigenvalue weighted by molar-refractivity contribution is 0.270. The number of hydrogen-bond acceptors (Lipinski definition) is 5. The number of oxazole rings is 1. The standard InChI is InChI=1S/C21H31FN6O.HI/c1-5-27-8-10-28(11-9-27)19-7-6-17(12-18(19)22)13-24-21(23-4)25-14-20-26-15(2)16(3)29-20;/h6-7,12H,5,8-11,13-14H2,1-4H3,(H2,23,24,25);1H. The number of aryl methyl sites for hydroxylation is 2. The highest BCUT2D eigenvalue weighted by atomic mass is 127. The number of halogens is 2. The van der Waals surface area contributed by atoms with E-state index in [1.54, 1.807) is 13.1 Å². The van der Waals surface area contributed by atoms with E-state index >= 15 is 0 Å². The van der Waals surface area contributed by atoms with E-state index in [1.807, 2.05) is 26.0 Å². The van der Waals surface area contributed by atoms with Crippen LogP contribution in [0.1, 0.15) is 29.8 Å². The number of benzene rings is 1. The quantitative estimate of drug-likeness (QED) is 0.340. The van der Waals surface area contributed by atoms with E-state index in [2.05, 4.69) is 37.3 Å². The molecule has 1 aromatic heterocycles. The molecule has 1 aliphatic heterocycles. The van der Waals surface area contributed by atoms with Crippen molar-refractivity contribution >= 4 is 35.6 Å². The van der Waals surface area contributed by atoms with Crippen molar-refractivity contribution in [2.45, 2.75) is 33.9 Å². The van der Waals surface area contributed by atoms with Crippen LogP contribution in [0.2, 0.25) is 0 Å². The Kier molecular flexibility index (Phi) is 9.35. The Hall–Kier alpha value is -1.88. The fraction of sp³-hybridized carbons (Fsp3) is 0.524. The largest absolute Gasteiger partial charge is 0.444 e. The van der Waals surface area contributed by atoms with Gasteiger partial charge in [-0.3, -0.25) is 4.99 Å². The van der Waals surface area contributed by atoms with Gasteiger partial charge in [0.15, 0.2) is 5.96 Å². The van der Waals surface area contributed by atoms with Gasteiger partial charge < -0.3 is 24.9 Å². The number of aromatic nitrogens is 1. The zero-order valence-corrected chi connectivity index (χ0v) is 20.5. The van der Waals surface area contributed by atoms with Crippen LogP contribution in [0.4, 0.5) is 10.1 Å². The zero-order valence-electron chi connectivity index (χ0n) is 18.2. The molecule has 30 heavy (non-hydrogen) atoms. The first-order chi connectivity index (χ1) is 14.0. The molecule has 2 N–H and O–H groups in total. The zero-order chi connectivity index (χ0) is 20.8. The van der Waals surface area contributed by atoms with Crippen molar-refractivity contribution in [3.8, 4) is 0 Å². The Morgan fingerprint density at radius 3 is 2.43 bits per heavy atom. The van der Waals surface area contributed by atoms with E-state index in [0.29, 0.717) is 30.6 Å². The van der Waals surface area contributed by atoms with E-state index in [-0.39, 0.29) is 29.8 Å². The average Bonchev–Trinajstić information content (AvgIpc) is 3.06. The molecule has 7 nitrogen and oxygen atoms in total. The molecule has 2 aromatic rings. The number of guanidine groups is 1. The molecule has 1 fully saturated rings. The van der Waals surface area contributed by atoms with Gasteiger partial charge in [-0.15, -0.1) is 24.0 Å². The number of piperazine rings is 1. The maximum absolute atomic E-state index is 14.7. The normalized spacial score (nSPS) is 15.1. The van der Waals surface area contributed by atoms with Gasteiger partial charge in [-0.1, -0.05) is 13.0 Å². The van der Waals surface area contributed by atoms with Gasteiger partial charge in [0, 0.05) is 39.8 Å². The summed E-state index contributed by atoms with van der Waals surface area (Å²) in [7, 11) is 1.70. The number of nitrogens with one attached hydrogen (secondary N) is 2. The molecule has 9 heteroatoms. The Labute approximate surface area is 195 Å². The third-order valence-corrected chi connectivity index (χ3v) is 5.34. The van der Waals surface area contributed by atoms with Crippen molar-refractivity contribution in [1.82, 2.24) is 20.5 Å². The fourth-order valence-corrected chi connectivity index (χ4v) is 3.40. The lowest BCUT2D eigenvalue weighted by Gasteiger charge is -2.35. The molecule has 0 bridgehead atoms. The minimum absolute atomic E-state index is 0. The minimum Gasteiger partial charge on any atom is -0.444 e. The van der Waals surface area contributed by atoms with Crippen LogP contribution in [-0.4, -0.2) is 55.6 Å². The molecule has 1 aliphatic rings. The molecule has 0 radical (unpaired) electrons. The molecule has 2 heterocycles. The van der Waals surface area contributed by atoms with Gasteiger partial charge in [0.2, 0.25) is 5.89 Å². The molecule has 0 spiro atoms. The summed E-state index contributed by atoms with van der Waals surface area (Å²) in [5.41, 5.74) is 2.43. The first-order valence-corrected chi connectivity index (χ1v) is 10.1. The van der Waals surface area contributed by atoms with Crippen molar-refractivity contribution in [3.63, 3.8) is 0 Å². The van der Waals surface area contributed by atoms with Crippen molar-refractivity contribution in [1.29, 1.82) is 0 Å². The fourth-order valence-electron chi connectivity index (χ4n) is 3.40. The summed E-state index contributed by atoms with van der Waals surface area (Å²) in [6, 6.07) is 5.44. The topological polar surface area (TPSA) is 68.9 Å². The number of aliphatic imine (C=N–C) groups is 1. The average molecular weight is 530 g/mol. The molecule has 166 valence electrons. The molecule has 1 saturated heterocycles. The van der Waals surface area contributed by atoms with E-state index in [4.69, 9.17) is 4.42 Å². The van der Waals surface area contributed by atoms with Gasteiger partial charge in [-0.05, 0) is 38.1 Å². The van der Waals surface area contributed by atoms with Crippen LogP contribution >= 0.6 is 24.0 Å². The predicted molar refractivity (Wildman–Crippen MR) is 129 cm³/mol. The van der Waals surface area contributed by atoms with Crippen molar-refractivity contribution in [3.05, 3.63) is 46.9 Å². The molecule has 3 rings (SSSR count). The second-order valence-corrected chi connectivity index (χ2v) is 7.24. The molecule has 0 aliphatic carbocycles. The third-order valence-electron chi connectivity index (χ3n) is 5.34. The van der Waals surface area contributed by atoms with Gasteiger partial charge in [0.25, 0.3) is 0 Å². The van der Waals surface area contributed by atoms with Crippen molar-refractivity contribution in [2.75, 3.05) is 44.7 Å². The first-order valence-electron chi connectivity index (χ1n) is 10.1. The van der Waals surface area contributed by atoms with Crippen LogP contribution < -0.4 is 15.5 Å². The molecule has 1 aromatic carbocycles. The second kappa shape index (κ2) is 11.5. The van der Waals surface area contributed by atoms with Crippen LogP contribution in [0.3, 0.4) is 0 Å². The summed E-state index contributed by atoms with van der Waals surface area (Å²) >= 11 is 0. The molecule has 0 atom stereocenters. The van der Waals surface area contributed by atoms with Crippen LogP contribution in [-0.2, 0) is 13.1 Å². The highest BCUT2D eigenvalue weighted by Crippen LogP contribution is 2.22. The van der Waals surface area contributed by atoms with Gasteiger partial charge in [-0.25, -0.2) is 9.37 Å². The molecular weight excluding hydrogens is 498 g/mol. The number of hydrogen-bond donors (Lipinski definition) is 2. The van der Waals surface area contributed by atoms with Crippen LogP contribution in [0, 0.1) is 19.7 Å². The number of nitrogens with zero attached hydrogens (tertiary/aromatic N) is 4. The predicted octanol–water partition coefficient (Wildman–Crippen LogP) is 3.06. The van der Waals surface area contributed by atoms with Crippen LogP contribution in [0.15, 0.2) is 27.6 Å². The molecule has 0 unspecified atom stereocenters. The maximum Gasteiger partial charge on any atom is 0.214 e. The SMILES string of the molecule is CCN1CCN(c2ccc(CNC(=NC)NCc3nc(C)c(C)o3)cc2F)CC1.I. The minimum atomic E-state index is -0.178. The van der Waals surface area contributed by atoms with Crippen molar-refractivity contribution < 1.29 is 8.81 Å². The van der Waals surface area contributed by atoms with Gasteiger partial charge >= 0.3 is 0 Å².